The summed E-state index contributed by atoms with van der Waals surface area (Å²) in [4.78, 5) is 25.0. The zero-order valence-corrected chi connectivity index (χ0v) is 17.7. The molecule has 0 fully saturated rings. The maximum absolute atomic E-state index is 13.7. The van der Waals surface area contributed by atoms with Crippen molar-refractivity contribution in [3.05, 3.63) is 89.9 Å². The van der Waals surface area contributed by atoms with E-state index in [-0.39, 0.29) is 5.78 Å². The van der Waals surface area contributed by atoms with Gasteiger partial charge in [0.15, 0.2) is 17.3 Å². The minimum atomic E-state index is -0.171. The molecule has 158 valence electrons. The van der Waals surface area contributed by atoms with E-state index < -0.39 is 0 Å². The highest BCUT2D eigenvalue weighted by atomic mass is 16.5. The standard InChI is InChI=1S/C26H21N3O3/c1-31-23-12-11-16(14-24(23)32-2)25(30)19(26-28-21-9-5-6-10-22(21)29-26)13-17-15-27-20-8-4-3-7-18(17)20/h3-15,27H,1-2H3,(H,28,29)/b19-13+. The van der Waals surface area contributed by atoms with Crippen LogP contribution in [0.2, 0.25) is 0 Å². The predicted molar refractivity (Wildman–Crippen MR) is 126 cm³/mol. The average molecular weight is 423 g/mol. The molecule has 2 aromatic heterocycles. The summed E-state index contributed by atoms with van der Waals surface area (Å²) in [6.07, 6.45) is 3.77. The van der Waals surface area contributed by atoms with Crippen LogP contribution in [0.3, 0.4) is 0 Å². The highest BCUT2D eigenvalue weighted by Gasteiger charge is 2.20. The summed E-state index contributed by atoms with van der Waals surface area (Å²) in [7, 11) is 3.12. The van der Waals surface area contributed by atoms with Gasteiger partial charge in [-0.05, 0) is 42.5 Å². The van der Waals surface area contributed by atoms with Crippen LogP contribution in [-0.4, -0.2) is 35.0 Å². The van der Waals surface area contributed by atoms with Gasteiger partial charge in [0, 0.05) is 28.2 Å². The van der Waals surface area contributed by atoms with Crippen molar-refractivity contribution in [1.29, 1.82) is 0 Å². The van der Waals surface area contributed by atoms with E-state index >= 15 is 0 Å². The first-order valence-electron chi connectivity index (χ1n) is 10.2. The highest BCUT2D eigenvalue weighted by Crippen LogP contribution is 2.31. The monoisotopic (exact) mass is 423 g/mol. The molecule has 0 spiro atoms. The lowest BCUT2D eigenvalue weighted by Crippen LogP contribution is -2.05. The number of aromatic amines is 2. The molecule has 3 aromatic carbocycles. The SMILES string of the molecule is COc1ccc(C(=O)/C(=C\c2c[nH]c3ccccc23)c2nc3ccccc3[nH]2)cc1OC. The van der Waals surface area contributed by atoms with Crippen molar-refractivity contribution in [2.24, 2.45) is 0 Å². The number of nitrogens with zero attached hydrogens (tertiary/aromatic N) is 1. The van der Waals surface area contributed by atoms with Gasteiger partial charge in [-0.3, -0.25) is 4.79 Å². The van der Waals surface area contributed by atoms with Gasteiger partial charge < -0.3 is 19.4 Å². The number of para-hydroxylation sites is 3. The maximum atomic E-state index is 13.7. The van der Waals surface area contributed by atoms with Crippen molar-refractivity contribution in [2.75, 3.05) is 14.2 Å². The van der Waals surface area contributed by atoms with Crippen LogP contribution in [0, 0.1) is 0 Å². The number of methoxy groups -OCH3 is 2. The third-order valence-corrected chi connectivity index (χ3v) is 5.46. The normalized spacial score (nSPS) is 11.8. The second-order valence-corrected chi connectivity index (χ2v) is 7.35. The Balaban J connectivity index is 1.68. The summed E-state index contributed by atoms with van der Waals surface area (Å²) < 4.78 is 10.7. The number of rotatable bonds is 6. The fourth-order valence-electron chi connectivity index (χ4n) is 3.82. The van der Waals surface area contributed by atoms with E-state index in [1.54, 1.807) is 32.4 Å². The number of fused-ring (bicyclic) bond motifs is 2. The first-order chi connectivity index (χ1) is 15.7. The molecule has 0 radical (unpaired) electrons. The fourth-order valence-corrected chi connectivity index (χ4v) is 3.82. The number of imidazole rings is 1. The van der Waals surface area contributed by atoms with Gasteiger partial charge in [0.25, 0.3) is 0 Å². The molecule has 0 amide bonds. The lowest BCUT2D eigenvalue weighted by molar-refractivity contribution is 0.105. The minimum absolute atomic E-state index is 0.171. The van der Waals surface area contributed by atoms with E-state index in [2.05, 4.69) is 15.0 Å². The Kier molecular flexibility index (Phi) is 4.95. The van der Waals surface area contributed by atoms with Crippen molar-refractivity contribution >= 4 is 39.4 Å². The Labute approximate surface area is 184 Å². The van der Waals surface area contributed by atoms with E-state index in [0.29, 0.717) is 28.5 Å². The molecule has 5 aromatic rings. The zero-order valence-electron chi connectivity index (χ0n) is 17.7. The second-order valence-electron chi connectivity index (χ2n) is 7.35. The first-order valence-corrected chi connectivity index (χ1v) is 10.2. The Morgan fingerprint density at radius 2 is 1.66 bits per heavy atom. The Bertz CT molecular complexity index is 1440. The van der Waals surface area contributed by atoms with Crippen molar-refractivity contribution in [2.45, 2.75) is 0 Å². The second kappa shape index (κ2) is 8.07. The topological polar surface area (TPSA) is 80.0 Å². The van der Waals surface area contributed by atoms with E-state index in [1.165, 1.54) is 0 Å². The van der Waals surface area contributed by atoms with Crippen molar-refractivity contribution in [3.63, 3.8) is 0 Å². The Morgan fingerprint density at radius 1 is 0.906 bits per heavy atom. The molecule has 5 rings (SSSR count). The van der Waals surface area contributed by atoms with E-state index in [0.717, 1.165) is 27.5 Å². The van der Waals surface area contributed by atoms with Crippen LogP contribution >= 0.6 is 0 Å². The van der Waals surface area contributed by atoms with Gasteiger partial charge in [-0.15, -0.1) is 0 Å². The van der Waals surface area contributed by atoms with Crippen molar-refractivity contribution in [3.8, 4) is 11.5 Å². The number of ketones is 1. The largest absolute Gasteiger partial charge is 0.493 e. The molecule has 0 aliphatic carbocycles. The van der Waals surface area contributed by atoms with Crippen LogP contribution in [-0.2, 0) is 0 Å². The number of hydrogen-bond donors (Lipinski definition) is 2. The summed E-state index contributed by atoms with van der Waals surface area (Å²) in [6, 6.07) is 20.8. The summed E-state index contributed by atoms with van der Waals surface area (Å²) in [5.41, 5.74) is 4.51. The molecule has 0 aliphatic heterocycles. The van der Waals surface area contributed by atoms with E-state index in [1.807, 2.05) is 60.8 Å². The average Bonchev–Trinajstić information content (AvgIpc) is 3.45. The van der Waals surface area contributed by atoms with Crippen LogP contribution in [0.4, 0.5) is 0 Å². The van der Waals surface area contributed by atoms with Gasteiger partial charge in [0.05, 0.1) is 30.8 Å². The van der Waals surface area contributed by atoms with Gasteiger partial charge in [-0.2, -0.15) is 0 Å². The molecule has 0 atom stereocenters. The highest BCUT2D eigenvalue weighted by molar-refractivity contribution is 6.32. The number of hydrogen-bond acceptors (Lipinski definition) is 4. The molecule has 0 bridgehead atoms. The minimum Gasteiger partial charge on any atom is -0.493 e. The summed E-state index contributed by atoms with van der Waals surface area (Å²) in [5, 5.41) is 1.03. The molecule has 0 unspecified atom stereocenters. The number of benzene rings is 3. The summed E-state index contributed by atoms with van der Waals surface area (Å²) >= 11 is 0. The molecule has 2 heterocycles. The van der Waals surface area contributed by atoms with E-state index in [4.69, 9.17) is 9.47 Å². The molecule has 6 heteroatoms. The van der Waals surface area contributed by atoms with Crippen LogP contribution in [0.5, 0.6) is 11.5 Å². The molecule has 2 N–H and O–H groups in total. The lowest BCUT2D eigenvalue weighted by Gasteiger charge is -2.10. The van der Waals surface area contributed by atoms with Gasteiger partial charge in [-0.1, -0.05) is 30.3 Å². The molecule has 0 saturated heterocycles. The number of Topliss-reactive ketones (excluding diaryl/α,β-unsaturated/α-hetero) is 1. The van der Waals surface area contributed by atoms with E-state index in [9.17, 15) is 4.79 Å². The number of nitrogens with one attached hydrogen (secondary N) is 2. The number of carbonyl (C=O) groups is 1. The predicted octanol–water partition coefficient (Wildman–Crippen LogP) is 5.48. The van der Waals surface area contributed by atoms with Crippen molar-refractivity contribution in [1.82, 2.24) is 15.0 Å². The summed E-state index contributed by atoms with van der Waals surface area (Å²) in [5.74, 6) is 1.40. The summed E-state index contributed by atoms with van der Waals surface area (Å²) in [6.45, 7) is 0. The number of aromatic nitrogens is 3. The Hall–Kier alpha value is -4.32. The number of carbonyl (C=O) groups excluding carboxylic acids is 1. The molecular weight excluding hydrogens is 402 g/mol. The van der Waals surface area contributed by atoms with Crippen LogP contribution in [0.15, 0.2) is 72.9 Å². The number of H-pyrrole nitrogens is 2. The van der Waals surface area contributed by atoms with Crippen molar-refractivity contribution < 1.29 is 14.3 Å². The van der Waals surface area contributed by atoms with Crippen LogP contribution in [0.25, 0.3) is 33.6 Å². The Morgan fingerprint density at radius 3 is 2.44 bits per heavy atom. The van der Waals surface area contributed by atoms with Crippen LogP contribution in [0.1, 0.15) is 21.7 Å². The lowest BCUT2D eigenvalue weighted by atomic mass is 9.99. The number of ether oxygens (including phenoxy) is 2. The smallest absolute Gasteiger partial charge is 0.196 e. The number of allylic oxidation sites excluding steroid dienone is 1. The fraction of sp³-hybridized carbons (Fsp3) is 0.0769. The molecule has 0 saturated carbocycles. The maximum Gasteiger partial charge on any atom is 0.196 e. The van der Waals surface area contributed by atoms with Gasteiger partial charge in [0.2, 0.25) is 0 Å². The quantitative estimate of drug-likeness (QED) is 0.280. The third-order valence-electron chi connectivity index (χ3n) is 5.46. The van der Waals surface area contributed by atoms with Gasteiger partial charge >= 0.3 is 0 Å². The zero-order chi connectivity index (χ0) is 22.1. The van der Waals surface area contributed by atoms with Gasteiger partial charge in [0.1, 0.15) is 5.82 Å². The third kappa shape index (κ3) is 3.41. The van der Waals surface area contributed by atoms with Gasteiger partial charge in [-0.25, -0.2) is 4.98 Å². The molecular formula is C26H21N3O3. The first kappa shape index (κ1) is 19.6. The molecule has 0 aliphatic rings. The van der Waals surface area contributed by atoms with Crippen LogP contribution < -0.4 is 9.47 Å². The molecule has 6 nitrogen and oxygen atoms in total. The molecule has 32 heavy (non-hydrogen) atoms.